The van der Waals surface area contributed by atoms with E-state index in [1.54, 1.807) is 0 Å². The average molecular weight is 339 g/mol. The van der Waals surface area contributed by atoms with E-state index in [2.05, 4.69) is 60.7 Å². The number of guanidine groups is 1. The number of unbranched alkanes of at least 4 members (excludes halogenated alkanes) is 1. The van der Waals surface area contributed by atoms with Crippen molar-refractivity contribution in [2.75, 3.05) is 39.3 Å². The summed E-state index contributed by atoms with van der Waals surface area (Å²) in [5.74, 6) is 1.42. The van der Waals surface area contributed by atoms with Crippen molar-refractivity contribution in [3.63, 3.8) is 0 Å². The summed E-state index contributed by atoms with van der Waals surface area (Å²) in [6, 6.07) is 4.30. The fraction of sp³-hybridized carbons (Fsp3) is 0.722. The van der Waals surface area contributed by atoms with Gasteiger partial charge in [0, 0.05) is 23.9 Å². The topological polar surface area (TPSA) is 39.7 Å². The van der Waals surface area contributed by atoms with Gasteiger partial charge in [-0.1, -0.05) is 26.8 Å². The third-order valence-electron chi connectivity index (χ3n) is 3.98. The van der Waals surface area contributed by atoms with Gasteiger partial charge in [-0.05, 0) is 50.8 Å². The molecule has 0 aliphatic heterocycles. The van der Waals surface area contributed by atoms with E-state index < -0.39 is 0 Å². The minimum atomic E-state index is 0.480. The van der Waals surface area contributed by atoms with Crippen LogP contribution in [0.3, 0.4) is 0 Å². The first-order chi connectivity index (χ1) is 11.2. The van der Waals surface area contributed by atoms with Crippen LogP contribution in [-0.2, 0) is 0 Å². The van der Waals surface area contributed by atoms with Gasteiger partial charge in [-0.15, -0.1) is 11.3 Å². The van der Waals surface area contributed by atoms with Crippen molar-refractivity contribution in [3.05, 3.63) is 22.4 Å². The second kappa shape index (κ2) is 12.4. The monoisotopic (exact) mass is 338 g/mol. The van der Waals surface area contributed by atoms with Crippen molar-refractivity contribution in [1.29, 1.82) is 0 Å². The summed E-state index contributed by atoms with van der Waals surface area (Å²) in [6.45, 7) is 15.0. The van der Waals surface area contributed by atoms with Crippen molar-refractivity contribution >= 4 is 17.3 Å². The molecule has 1 atom stereocenters. The highest BCUT2D eigenvalue weighted by Gasteiger charge is 2.06. The van der Waals surface area contributed by atoms with Crippen molar-refractivity contribution in [2.24, 2.45) is 4.99 Å². The minimum Gasteiger partial charge on any atom is -0.357 e. The van der Waals surface area contributed by atoms with Crippen LogP contribution in [0.2, 0.25) is 0 Å². The number of thiophene rings is 1. The number of aliphatic imine (C=N–C) groups is 1. The molecule has 0 saturated carbocycles. The van der Waals surface area contributed by atoms with E-state index >= 15 is 0 Å². The molecule has 5 heteroatoms. The fourth-order valence-corrected chi connectivity index (χ4v) is 3.22. The Bertz CT molecular complexity index is 413. The molecule has 1 aromatic rings. The summed E-state index contributed by atoms with van der Waals surface area (Å²) in [6.07, 6.45) is 2.42. The highest BCUT2D eigenvalue weighted by atomic mass is 32.1. The number of nitrogens with one attached hydrogen (secondary N) is 2. The first-order valence-electron chi connectivity index (χ1n) is 8.99. The van der Waals surface area contributed by atoms with Crippen LogP contribution in [0.25, 0.3) is 0 Å². The molecule has 132 valence electrons. The Balaban J connectivity index is 2.29. The molecule has 0 radical (unpaired) electrons. The Morgan fingerprint density at radius 3 is 2.61 bits per heavy atom. The second-order valence-electron chi connectivity index (χ2n) is 5.80. The van der Waals surface area contributed by atoms with E-state index in [1.807, 2.05) is 11.3 Å². The number of rotatable bonds is 11. The molecular formula is C18H34N4S. The lowest BCUT2D eigenvalue weighted by molar-refractivity contribution is 0.297. The maximum atomic E-state index is 4.73. The summed E-state index contributed by atoms with van der Waals surface area (Å²) in [5, 5.41) is 8.93. The smallest absolute Gasteiger partial charge is 0.191 e. The quantitative estimate of drug-likeness (QED) is 0.368. The summed E-state index contributed by atoms with van der Waals surface area (Å²) in [4.78, 5) is 8.61. The molecule has 1 unspecified atom stereocenters. The second-order valence-corrected chi connectivity index (χ2v) is 6.78. The average Bonchev–Trinajstić information content (AvgIpc) is 3.10. The van der Waals surface area contributed by atoms with E-state index in [0.29, 0.717) is 5.92 Å². The van der Waals surface area contributed by atoms with Gasteiger partial charge >= 0.3 is 0 Å². The van der Waals surface area contributed by atoms with Gasteiger partial charge in [-0.2, -0.15) is 0 Å². The fourth-order valence-electron chi connectivity index (χ4n) is 2.44. The Morgan fingerprint density at radius 1 is 1.22 bits per heavy atom. The molecule has 0 saturated heterocycles. The molecule has 1 aromatic heterocycles. The predicted octanol–water partition coefficient (Wildman–Crippen LogP) is 3.53. The Morgan fingerprint density at radius 2 is 2.00 bits per heavy atom. The largest absolute Gasteiger partial charge is 0.357 e. The molecule has 4 nitrogen and oxygen atoms in total. The molecule has 0 amide bonds. The first kappa shape index (κ1) is 20.0. The Kier molecular flexibility index (Phi) is 10.7. The van der Waals surface area contributed by atoms with E-state index in [4.69, 9.17) is 4.99 Å². The molecule has 23 heavy (non-hydrogen) atoms. The highest BCUT2D eigenvalue weighted by Crippen LogP contribution is 2.20. The maximum absolute atomic E-state index is 4.73. The van der Waals surface area contributed by atoms with E-state index in [0.717, 1.165) is 38.7 Å². The van der Waals surface area contributed by atoms with E-state index in [9.17, 15) is 0 Å². The van der Waals surface area contributed by atoms with Crippen molar-refractivity contribution in [1.82, 2.24) is 15.5 Å². The van der Waals surface area contributed by atoms with Crippen LogP contribution in [0.4, 0.5) is 0 Å². The van der Waals surface area contributed by atoms with Crippen molar-refractivity contribution in [2.45, 2.75) is 46.5 Å². The molecule has 0 aliphatic rings. The predicted molar refractivity (Wildman–Crippen MR) is 104 cm³/mol. The van der Waals surface area contributed by atoms with Crippen LogP contribution >= 0.6 is 11.3 Å². The first-order valence-corrected chi connectivity index (χ1v) is 9.87. The molecule has 1 heterocycles. The SMILES string of the molecule is CCNC(=NCC(C)c1cccs1)NCCCCN(CC)CC. The minimum absolute atomic E-state index is 0.480. The molecule has 2 N–H and O–H groups in total. The van der Waals surface area contributed by atoms with Gasteiger partial charge in [0.15, 0.2) is 5.96 Å². The number of hydrogen-bond donors (Lipinski definition) is 2. The van der Waals surface area contributed by atoms with Crippen LogP contribution in [0.5, 0.6) is 0 Å². The zero-order chi connectivity index (χ0) is 16.9. The highest BCUT2D eigenvalue weighted by molar-refractivity contribution is 7.10. The Hall–Kier alpha value is -1.07. The van der Waals surface area contributed by atoms with Gasteiger partial charge in [-0.25, -0.2) is 0 Å². The molecule has 0 spiro atoms. The third kappa shape index (κ3) is 8.37. The van der Waals surface area contributed by atoms with Crippen LogP contribution < -0.4 is 10.6 Å². The van der Waals surface area contributed by atoms with Gasteiger partial charge in [0.1, 0.15) is 0 Å². The molecule has 1 rings (SSSR count). The van der Waals surface area contributed by atoms with Crippen molar-refractivity contribution in [3.8, 4) is 0 Å². The standard InChI is InChI=1S/C18H34N4S/c1-5-19-18(20-12-8-9-13-22(6-2)7-3)21-15-16(4)17-11-10-14-23-17/h10-11,14,16H,5-9,12-13,15H2,1-4H3,(H2,19,20,21). The van der Waals surface area contributed by atoms with Gasteiger partial charge in [0.2, 0.25) is 0 Å². The molecule has 0 aliphatic carbocycles. The normalized spacial score (nSPS) is 13.3. The summed E-state index contributed by atoms with van der Waals surface area (Å²) in [7, 11) is 0. The van der Waals surface area contributed by atoms with Crippen LogP contribution in [0.1, 0.15) is 51.3 Å². The maximum Gasteiger partial charge on any atom is 0.191 e. The van der Waals surface area contributed by atoms with E-state index in [-0.39, 0.29) is 0 Å². The number of nitrogens with zero attached hydrogens (tertiary/aromatic N) is 2. The van der Waals surface area contributed by atoms with Gasteiger partial charge in [0.25, 0.3) is 0 Å². The van der Waals surface area contributed by atoms with Crippen LogP contribution in [-0.4, -0.2) is 50.1 Å². The summed E-state index contributed by atoms with van der Waals surface area (Å²) < 4.78 is 0. The zero-order valence-electron chi connectivity index (χ0n) is 15.3. The third-order valence-corrected chi connectivity index (χ3v) is 5.09. The van der Waals surface area contributed by atoms with Crippen LogP contribution in [0.15, 0.2) is 22.5 Å². The van der Waals surface area contributed by atoms with Crippen molar-refractivity contribution < 1.29 is 0 Å². The lowest BCUT2D eigenvalue weighted by Gasteiger charge is -2.18. The molecule has 0 fully saturated rings. The number of hydrogen-bond acceptors (Lipinski definition) is 3. The molecule has 0 bridgehead atoms. The zero-order valence-corrected chi connectivity index (χ0v) is 16.1. The van der Waals surface area contributed by atoms with Crippen LogP contribution in [0, 0.1) is 0 Å². The molecular weight excluding hydrogens is 304 g/mol. The van der Waals surface area contributed by atoms with Gasteiger partial charge in [0.05, 0.1) is 6.54 Å². The lowest BCUT2D eigenvalue weighted by Crippen LogP contribution is -2.38. The molecule has 0 aromatic carbocycles. The van der Waals surface area contributed by atoms with Gasteiger partial charge < -0.3 is 15.5 Å². The summed E-state index contributed by atoms with van der Waals surface area (Å²) >= 11 is 1.81. The summed E-state index contributed by atoms with van der Waals surface area (Å²) in [5.41, 5.74) is 0. The van der Waals surface area contributed by atoms with E-state index in [1.165, 1.54) is 24.3 Å². The van der Waals surface area contributed by atoms with Gasteiger partial charge in [-0.3, -0.25) is 4.99 Å². The Labute approximate surface area is 146 Å². The lowest BCUT2D eigenvalue weighted by atomic mass is 10.1.